The third-order valence-electron chi connectivity index (χ3n) is 2.50. The van der Waals surface area contributed by atoms with Gasteiger partial charge in [0.25, 0.3) is 5.69 Å². The summed E-state index contributed by atoms with van der Waals surface area (Å²) >= 11 is 0. The van der Waals surface area contributed by atoms with Crippen molar-refractivity contribution >= 4 is 11.4 Å². The van der Waals surface area contributed by atoms with Gasteiger partial charge in [0.2, 0.25) is 0 Å². The Labute approximate surface area is 109 Å². The predicted molar refractivity (Wildman–Crippen MR) is 70.6 cm³/mol. The van der Waals surface area contributed by atoms with E-state index < -0.39 is 4.92 Å². The van der Waals surface area contributed by atoms with Crippen LogP contribution in [0.15, 0.2) is 42.5 Å². The lowest BCUT2D eigenvalue weighted by Crippen LogP contribution is -1.96. The van der Waals surface area contributed by atoms with E-state index in [0.29, 0.717) is 17.2 Å². The summed E-state index contributed by atoms with van der Waals surface area (Å²) in [7, 11) is 1.52. The number of benzene rings is 2. The number of nitrogen functional groups attached to an aromatic ring is 1. The molecule has 0 heterocycles. The monoisotopic (exact) mass is 260 g/mol. The standard InChI is InChI=1S/C13H12N2O4/c1-18-12-4-2-3-5-13(12)19-9-6-7-10(14)11(8-9)15(16)17/h2-8H,14H2,1H3. The van der Waals surface area contributed by atoms with Crippen LogP contribution in [0.4, 0.5) is 11.4 Å². The molecule has 2 aromatic rings. The number of hydrogen-bond donors (Lipinski definition) is 1. The zero-order chi connectivity index (χ0) is 13.8. The Morgan fingerprint density at radius 2 is 1.84 bits per heavy atom. The van der Waals surface area contributed by atoms with Gasteiger partial charge in [0.05, 0.1) is 18.1 Å². The summed E-state index contributed by atoms with van der Waals surface area (Å²) in [6.45, 7) is 0. The predicted octanol–water partition coefficient (Wildman–Crippen LogP) is 2.98. The van der Waals surface area contributed by atoms with Crippen LogP contribution >= 0.6 is 0 Å². The Hall–Kier alpha value is -2.76. The van der Waals surface area contributed by atoms with E-state index in [1.54, 1.807) is 30.3 Å². The van der Waals surface area contributed by atoms with E-state index in [-0.39, 0.29) is 11.4 Å². The smallest absolute Gasteiger partial charge is 0.295 e. The average Bonchev–Trinajstić information content (AvgIpc) is 2.41. The van der Waals surface area contributed by atoms with Crippen molar-refractivity contribution < 1.29 is 14.4 Å². The molecule has 19 heavy (non-hydrogen) atoms. The molecule has 6 nitrogen and oxygen atoms in total. The minimum Gasteiger partial charge on any atom is -0.493 e. The van der Waals surface area contributed by atoms with Crippen LogP contribution in [0.1, 0.15) is 0 Å². The summed E-state index contributed by atoms with van der Waals surface area (Å²) < 4.78 is 10.7. The van der Waals surface area contributed by atoms with Crippen LogP contribution in [-0.4, -0.2) is 12.0 Å². The number of para-hydroxylation sites is 2. The average molecular weight is 260 g/mol. The van der Waals surface area contributed by atoms with Crippen molar-refractivity contribution in [2.24, 2.45) is 0 Å². The molecule has 0 amide bonds. The van der Waals surface area contributed by atoms with Crippen molar-refractivity contribution in [1.82, 2.24) is 0 Å². The van der Waals surface area contributed by atoms with Crippen LogP contribution in [0.2, 0.25) is 0 Å². The molecule has 0 spiro atoms. The van der Waals surface area contributed by atoms with E-state index in [4.69, 9.17) is 15.2 Å². The molecule has 98 valence electrons. The van der Waals surface area contributed by atoms with Gasteiger partial charge in [-0.3, -0.25) is 10.1 Å². The number of hydrogen-bond acceptors (Lipinski definition) is 5. The fourth-order valence-corrected chi connectivity index (χ4v) is 1.58. The molecule has 0 aliphatic heterocycles. The Bertz CT molecular complexity index is 613. The van der Waals surface area contributed by atoms with Crippen molar-refractivity contribution in [3.8, 4) is 17.2 Å². The molecule has 2 N–H and O–H groups in total. The van der Waals surface area contributed by atoms with Gasteiger partial charge in [-0.2, -0.15) is 0 Å². The van der Waals surface area contributed by atoms with Crippen molar-refractivity contribution in [2.45, 2.75) is 0 Å². The third kappa shape index (κ3) is 2.74. The number of rotatable bonds is 4. The first-order valence-corrected chi connectivity index (χ1v) is 5.46. The highest BCUT2D eigenvalue weighted by molar-refractivity contribution is 5.61. The van der Waals surface area contributed by atoms with Gasteiger partial charge in [0.15, 0.2) is 11.5 Å². The van der Waals surface area contributed by atoms with E-state index in [1.807, 2.05) is 0 Å². The highest BCUT2D eigenvalue weighted by atomic mass is 16.6. The first-order chi connectivity index (χ1) is 9.11. The molecule has 0 fully saturated rings. The normalized spacial score (nSPS) is 9.95. The molecule has 0 aliphatic rings. The second kappa shape index (κ2) is 5.26. The van der Waals surface area contributed by atoms with Crippen molar-refractivity contribution in [3.63, 3.8) is 0 Å². The Balaban J connectivity index is 2.33. The summed E-state index contributed by atoms with van der Waals surface area (Å²) in [6.07, 6.45) is 0. The van der Waals surface area contributed by atoms with Crippen LogP contribution in [-0.2, 0) is 0 Å². The quantitative estimate of drug-likeness (QED) is 0.518. The molecule has 0 unspecified atom stereocenters. The number of ether oxygens (including phenoxy) is 2. The maximum atomic E-state index is 10.8. The van der Waals surface area contributed by atoms with E-state index in [1.165, 1.54) is 19.2 Å². The van der Waals surface area contributed by atoms with E-state index in [0.717, 1.165) is 0 Å². The molecule has 0 atom stereocenters. The van der Waals surface area contributed by atoms with Crippen molar-refractivity contribution in [2.75, 3.05) is 12.8 Å². The van der Waals surface area contributed by atoms with Crippen LogP contribution in [0.25, 0.3) is 0 Å². The Kier molecular flexibility index (Phi) is 3.51. The number of nitrogens with two attached hydrogens (primary N) is 1. The van der Waals surface area contributed by atoms with E-state index in [2.05, 4.69) is 0 Å². The van der Waals surface area contributed by atoms with Crippen molar-refractivity contribution in [3.05, 3.63) is 52.6 Å². The van der Waals surface area contributed by atoms with Gasteiger partial charge in [-0.1, -0.05) is 12.1 Å². The molecule has 0 aliphatic carbocycles. The second-order valence-corrected chi connectivity index (χ2v) is 3.73. The van der Waals surface area contributed by atoms with Gasteiger partial charge in [-0.15, -0.1) is 0 Å². The maximum Gasteiger partial charge on any atom is 0.295 e. The highest BCUT2D eigenvalue weighted by Crippen LogP contribution is 2.34. The molecule has 6 heteroatoms. The molecule has 0 aromatic heterocycles. The summed E-state index contributed by atoms with van der Waals surface area (Å²) in [4.78, 5) is 10.2. The molecule has 0 saturated heterocycles. The summed E-state index contributed by atoms with van der Waals surface area (Å²) in [5.74, 6) is 1.34. The summed E-state index contributed by atoms with van der Waals surface area (Å²) in [5.41, 5.74) is 5.43. The molecule has 2 aromatic carbocycles. The fraction of sp³-hybridized carbons (Fsp3) is 0.0769. The van der Waals surface area contributed by atoms with Crippen LogP contribution in [0, 0.1) is 10.1 Å². The van der Waals surface area contributed by atoms with Gasteiger partial charge in [0.1, 0.15) is 11.4 Å². The molecule has 2 rings (SSSR count). The molecular formula is C13H12N2O4. The van der Waals surface area contributed by atoms with Crippen LogP contribution < -0.4 is 15.2 Å². The van der Waals surface area contributed by atoms with Crippen LogP contribution in [0.5, 0.6) is 17.2 Å². The SMILES string of the molecule is COc1ccccc1Oc1ccc(N)c([N+](=O)[O-])c1. The van der Waals surface area contributed by atoms with Crippen LogP contribution in [0.3, 0.4) is 0 Å². The lowest BCUT2D eigenvalue weighted by atomic mass is 10.2. The topological polar surface area (TPSA) is 87.6 Å². The molecule has 0 bridgehead atoms. The number of methoxy groups -OCH3 is 1. The van der Waals surface area contributed by atoms with Gasteiger partial charge in [-0.25, -0.2) is 0 Å². The lowest BCUT2D eigenvalue weighted by Gasteiger charge is -2.10. The van der Waals surface area contributed by atoms with Crippen molar-refractivity contribution in [1.29, 1.82) is 0 Å². The number of anilines is 1. The first kappa shape index (κ1) is 12.7. The minimum absolute atomic E-state index is 0.0948. The summed E-state index contributed by atoms with van der Waals surface area (Å²) in [6, 6.07) is 11.3. The zero-order valence-electron chi connectivity index (χ0n) is 10.2. The number of nitrogens with zero attached hydrogens (tertiary/aromatic N) is 1. The van der Waals surface area contributed by atoms with Gasteiger partial charge >= 0.3 is 0 Å². The first-order valence-electron chi connectivity index (χ1n) is 5.46. The number of nitro benzene ring substituents is 1. The molecule has 0 radical (unpaired) electrons. The molecule has 0 saturated carbocycles. The maximum absolute atomic E-state index is 10.8. The largest absolute Gasteiger partial charge is 0.493 e. The van der Waals surface area contributed by atoms with Gasteiger partial charge in [-0.05, 0) is 24.3 Å². The second-order valence-electron chi connectivity index (χ2n) is 3.73. The zero-order valence-corrected chi connectivity index (χ0v) is 10.2. The fourth-order valence-electron chi connectivity index (χ4n) is 1.58. The lowest BCUT2D eigenvalue weighted by molar-refractivity contribution is -0.384. The minimum atomic E-state index is -0.551. The van der Waals surface area contributed by atoms with Gasteiger partial charge in [0, 0.05) is 0 Å². The Morgan fingerprint density at radius 3 is 2.47 bits per heavy atom. The van der Waals surface area contributed by atoms with Gasteiger partial charge < -0.3 is 15.2 Å². The Morgan fingerprint density at radius 1 is 1.16 bits per heavy atom. The number of nitro groups is 1. The van der Waals surface area contributed by atoms with E-state index in [9.17, 15) is 10.1 Å². The third-order valence-corrected chi connectivity index (χ3v) is 2.50. The molecular weight excluding hydrogens is 248 g/mol. The summed E-state index contributed by atoms with van der Waals surface area (Å²) in [5, 5.41) is 10.8. The highest BCUT2D eigenvalue weighted by Gasteiger charge is 2.13. The van der Waals surface area contributed by atoms with E-state index >= 15 is 0 Å².